The highest BCUT2D eigenvalue weighted by atomic mass is 32.2. The summed E-state index contributed by atoms with van der Waals surface area (Å²) in [6.45, 7) is 1.84. The number of sulfonamides is 1. The first kappa shape index (κ1) is 28.1. The quantitative estimate of drug-likeness (QED) is 0.237. The molecule has 2 aromatic heterocycles. The lowest BCUT2D eigenvalue weighted by atomic mass is 9.98. The zero-order chi connectivity index (χ0) is 30.6. The summed E-state index contributed by atoms with van der Waals surface area (Å²) in [5, 5.41) is 3.09. The van der Waals surface area contributed by atoms with E-state index in [4.69, 9.17) is 4.42 Å². The average molecular weight is 601 g/mol. The Morgan fingerprint density at radius 3 is 2.19 bits per heavy atom. The fourth-order valence-corrected chi connectivity index (χ4v) is 5.75. The number of amides is 1. The first-order valence-electron chi connectivity index (χ1n) is 13.2. The summed E-state index contributed by atoms with van der Waals surface area (Å²) < 4.78 is 62.1. The number of carbonyl (C=O) groups is 1. The van der Waals surface area contributed by atoms with Crippen molar-refractivity contribution in [2.24, 2.45) is 0 Å². The highest BCUT2D eigenvalue weighted by Crippen LogP contribution is 2.42. The van der Waals surface area contributed by atoms with E-state index in [0.717, 1.165) is 16.1 Å². The molecule has 8 nitrogen and oxygen atoms in total. The van der Waals surface area contributed by atoms with Crippen LogP contribution < -0.4 is 9.62 Å². The number of nitrogens with one attached hydrogen (secondary N) is 1. The summed E-state index contributed by atoms with van der Waals surface area (Å²) in [6, 6.07) is 20.4. The van der Waals surface area contributed by atoms with Gasteiger partial charge >= 0.3 is 0 Å². The molecule has 0 fully saturated rings. The van der Waals surface area contributed by atoms with Crippen LogP contribution >= 0.6 is 0 Å². The van der Waals surface area contributed by atoms with Crippen molar-refractivity contribution in [1.29, 1.82) is 0 Å². The maximum absolute atomic E-state index is 13.7. The number of carbonyl (C=O) groups excluding carboxylic acids is 1. The second-order valence-electron chi connectivity index (χ2n) is 10.2. The van der Waals surface area contributed by atoms with Gasteiger partial charge in [-0.25, -0.2) is 22.2 Å². The zero-order valence-corrected chi connectivity index (χ0v) is 24.5. The van der Waals surface area contributed by atoms with Gasteiger partial charge in [0.15, 0.2) is 0 Å². The molecule has 0 bridgehead atoms. The molecular formula is C32H26F2N4O4S. The molecule has 43 heavy (non-hydrogen) atoms. The predicted molar refractivity (Wildman–Crippen MR) is 163 cm³/mol. The summed E-state index contributed by atoms with van der Waals surface area (Å²) >= 11 is 0. The standard InChI is InChI=1S/C32H26F2N4O4S/c1-18-36-26-14-7-20(15-28(26)38(18)23-12-10-22(34)11-13-23)24-16-25-29(17-27(24)37(3)43(4,40)41)42-31(30(25)32(39)35-2)19-5-8-21(33)9-6-19/h5-17H,1-4H3,(H,35,39). The van der Waals surface area contributed by atoms with Gasteiger partial charge in [0.2, 0.25) is 10.0 Å². The number of rotatable bonds is 6. The molecule has 0 aliphatic carbocycles. The molecule has 0 unspecified atom stereocenters. The van der Waals surface area contributed by atoms with Crippen molar-refractivity contribution in [1.82, 2.24) is 14.9 Å². The number of hydrogen-bond donors (Lipinski definition) is 1. The molecule has 11 heteroatoms. The van der Waals surface area contributed by atoms with E-state index in [1.807, 2.05) is 29.7 Å². The second kappa shape index (κ2) is 10.4. The van der Waals surface area contributed by atoms with Crippen LogP contribution in [0.5, 0.6) is 0 Å². The number of furan rings is 1. The van der Waals surface area contributed by atoms with Crippen LogP contribution in [-0.2, 0) is 10.0 Å². The Labute approximate surface area is 246 Å². The fourth-order valence-electron chi connectivity index (χ4n) is 5.24. The Bertz CT molecular complexity index is 2150. The van der Waals surface area contributed by atoms with Crippen LogP contribution in [0.15, 0.2) is 83.3 Å². The van der Waals surface area contributed by atoms with E-state index < -0.39 is 21.7 Å². The number of aromatic nitrogens is 2. The number of fused-ring (bicyclic) bond motifs is 2. The zero-order valence-electron chi connectivity index (χ0n) is 23.6. The number of nitrogens with zero attached hydrogens (tertiary/aromatic N) is 3. The van der Waals surface area contributed by atoms with E-state index in [9.17, 15) is 22.0 Å². The van der Waals surface area contributed by atoms with Gasteiger partial charge in [-0.2, -0.15) is 0 Å². The van der Waals surface area contributed by atoms with Crippen LogP contribution in [0.4, 0.5) is 14.5 Å². The van der Waals surface area contributed by atoms with Crippen molar-refractivity contribution < 1.29 is 26.4 Å². The van der Waals surface area contributed by atoms with Crippen LogP contribution in [0, 0.1) is 18.6 Å². The van der Waals surface area contributed by atoms with Gasteiger partial charge in [-0.1, -0.05) is 6.07 Å². The van der Waals surface area contributed by atoms with Crippen molar-refractivity contribution in [2.75, 3.05) is 24.7 Å². The van der Waals surface area contributed by atoms with Crippen LogP contribution in [-0.4, -0.2) is 44.2 Å². The third kappa shape index (κ3) is 4.91. The number of anilines is 1. The number of halogens is 2. The van der Waals surface area contributed by atoms with Crippen LogP contribution in [0.2, 0.25) is 0 Å². The lowest BCUT2D eigenvalue weighted by Gasteiger charge is -2.21. The summed E-state index contributed by atoms with van der Waals surface area (Å²) in [7, 11) is -0.778. The highest BCUT2D eigenvalue weighted by Gasteiger charge is 2.26. The molecule has 0 saturated carbocycles. The number of aryl methyl sites for hydroxylation is 1. The Morgan fingerprint density at radius 1 is 0.930 bits per heavy atom. The number of imidazole rings is 1. The summed E-state index contributed by atoms with van der Waals surface area (Å²) in [4.78, 5) is 17.8. The number of hydrogen-bond acceptors (Lipinski definition) is 5. The molecule has 6 aromatic rings. The van der Waals surface area contributed by atoms with Gasteiger partial charge in [-0.15, -0.1) is 0 Å². The van der Waals surface area contributed by atoms with Gasteiger partial charge in [-0.3, -0.25) is 13.7 Å². The van der Waals surface area contributed by atoms with Gasteiger partial charge in [0.05, 0.1) is 28.5 Å². The molecule has 2 heterocycles. The van der Waals surface area contributed by atoms with Gasteiger partial charge < -0.3 is 9.73 Å². The highest BCUT2D eigenvalue weighted by molar-refractivity contribution is 7.92. The molecule has 0 atom stereocenters. The Kier molecular flexibility index (Phi) is 6.77. The SMILES string of the molecule is CNC(=O)c1c(-c2ccc(F)cc2)oc2cc(N(C)S(C)(=O)=O)c(-c3ccc4nc(C)n(-c5ccc(F)cc5)c4c3)cc12. The molecule has 218 valence electrons. The smallest absolute Gasteiger partial charge is 0.255 e. The third-order valence-electron chi connectivity index (χ3n) is 7.42. The van der Waals surface area contributed by atoms with E-state index >= 15 is 0 Å². The summed E-state index contributed by atoms with van der Waals surface area (Å²) in [6.07, 6.45) is 1.10. The van der Waals surface area contributed by atoms with E-state index in [2.05, 4.69) is 10.3 Å². The summed E-state index contributed by atoms with van der Waals surface area (Å²) in [5.74, 6) is -0.316. The van der Waals surface area contributed by atoms with E-state index in [-0.39, 0.29) is 22.7 Å². The van der Waals surface area contributed by atoms with Gasteiger partial charge in [-0.05, 0) is 79.2 Å². The van der Waals surface area contributed by atoms with E-state index in [1.165, 1.54) is 50.5 Å². The minimum atomic E-state index is -3.71. The molecule has 1 amide bonds. The maximum atomic E-state index is 13.7. The summed E-state index contributed by atoms with van der Waals surface area (Å²) in [5.41, 5.74) is 4.60. The van der Waals surface area contributed by atoms with Crippen molar-refractivity contribution >= 4 is 43.6 Å². The average Bonchev–Trinajstić information content (AvgIpc) is 3.52. The molecule has 1 N–H and O–H groups in total. The molecule has 0 aliphatic rings. The third-order valence-corrected chi connectivity index (χ3v) is 8.61. The van der Waals surface area contributed by atoms with Crippen molar-refractivity contribution in [2.45, 2.75) is 6.92 Å². The normalized spacial score (nSPS) is 11.8. The topological polar surface area (TPSA) is 97.4 Å². The monoisotopic (exact) mass is 600 g/mol. The first-order chi connectivity index (χ1) is 20.5. The molecule has 4 aromatic carbocycles. The molecule has 0 aliphatic heterocycles. The lowest BCUT2D eigenvalue weighted by Crippen LogP contribution is -2.25. The molecule has 0 radical (unpaired) electrons. The lowest BCUT2D eigenvalue weighted by molar-refractivity contribution is 0.0964. The largest absolute Gasteiger partial charge is 0.455 e. The molecule has 0 saturated heterocycles. The van der Waals surface area contributed by atoms with Crippen LogP contribution in [0.25, 0.3) is 50.1 Å². The molecule has 6 rings (SSSR count). The molecule has 0 spiro atoms. The van der Waals surface area contributed by atoms with E-state index in [1.54, 1.807) is 24.3 Å². The fraction of sp³-hybridized carbons (Fsp3) is 0.125. The predicted octanol–water partition coefficient (Wildman–Crippen LogP) is 6.45. The van der Waals surface area contributed by atoms with Crippen molar-refractivity contribution in [3.63, 3.8) is 0 Å². The minimum absolute atomic E-state index is 0.222. The van der Waals surface area contributed by atoms with Crippen molar-refractivity contribution in [3.8, 4) is 28.1 Å². The van der Waals surface area contributed by atoms with Crippen LogP contribution in [0.1, 0.15) is 16.2 Å². The number of benzene rings is 4. The second-order valence-corrected chi connectivity index (χ2v) is 12.2. The minimum Gasteiger partial charge on any atom is -0.455 e. The molecular weight excluding hydrogens is 574 g/mol. The van der Waals surface area contributed by atoms with Crippen LogP contribution in [0.3, 0.4) is 0 Å². The Balaban J connectivity index is 1.65. The van der Waals surface area contributed by atoms with Crippen molar-refractivity contribution in [3.05, 3.63) is 102 Å². The Hall–Kier alpha value is -5.03. The van der Waals surface area contributed by atoms with E-state index in [0.29, 0.717) is 44.8 Å². The van der Waals surface area contributed by atoms with Gasteiger partial charge in [0.25, 0.3) is 5.91 Å². The maximum Gasteiger partial charge on any atom is 0.255 e. The van der Waals surface area contributed by atoms with Gasteiger partial charge in [0.1, 0.15) is 28.8 Å². The Morgan fingerprint density at radius 2 is 1.56 bits per heavy atom. The first-order valence-corrected chi connectivity index (χ1v) is 15.1. The van der Waals surface area contributed by atoms with Gasteiger partial charge in [0, 0.05) is 42.4 Å².